The molecule has 107 valence electrons. The second-order valence-electron chi connectivity index (χ2n) is 4.73. The van der Waals surface area contributed by atoms with E-state index >= 15 is 0 Å². The molecule has 20 heavy (non-hydrogen) atoms. The number of ether oxygens (including phenoxy) is 1. The average Bonchev–Trinajstić information content (AvgIpc) is 2.48. The first-order chi connectivity index (χ1) is 9.72. The molecule has 0 aromatic heterocycles. The highest BCUT2D eigenvalue weighted by Crippen LogP contribution is 2.21. The van der Waals surface area contributed by atoms with Gasteiger partial charge in [0.2, 0.25) is 0 Å². The van der Waals surface area contributed by atoms with E-state index in [9.17, 15) is 4.79 Å². The molecule has 1 unspecified atom stereocenters. The summed E-state index contributed by atoms with van der Waals surface area (Å²) in [6.07, 6.45) is 4.64. The van der Waals surface area contributed by atoms with Crippen LogP contribution in [0.4, 0.5) is 0 Å². The van der Waals surface area contributed by atoms with Gasteiger partial charge >= 0.3 is 0 Å². The highest BCUT2D eigenvalue weighted by atomic mass is 28.2. The fourth-order valence-corrected chi connectivity index (χ4v) is 2.07. The molecule has 0 aliphatic heterocycles. The van der Waals surface area contributed by atoms with Gasteiger partial charge in [0.1, 0.15) is 5.75 Å². The van der Waals surface area contributed by atoms with Gasteiger partial charge in [-0.15, -0.1) is 5.11 Å². The lowest BCUT2D eigenvalue weighted by Gasteiger charge is -2.16. The van der Waals surface area contributed by atoms with Crippen LogP contribution in [-0.4, -0.2) is 22.9 Å². The number of amides is 1. The molecule has 0 heterocycles. The molecule has 1 rings (SSSR count). The summed E-state index contributed by atoms with van der Waals surface area (Å²) in [4.78, 5) is 11.8. The highest BCUT2D eigenvalue weighted by molar-refractivity contribution is 6.06. The summed E-state index contributed by atoms with van der Waals surface area (Å²) >= 11 is 0. The Morgan fingerprint density at radius 3 is 2.75 bits per heavy atom. The lowest BCUT2D eigenvalue weighted by Crippen LogP contribution is -2.12. The molecule has 0 aliphatic rings. The van der Waals surface area contributed by atoms with Crippen LogP contribution in [0, 0.1) is 5.92 Å². The monoisotopic (exact) mass is 289 g/mol. The van der Waals surface area contributed by atoms with Crippen LogP contribution in [0.3, 0.4) is 0 Å². The third kappa shape index (κ3) is 5.25. The minimum absolute atomic E-state index is 0.405. The van der Waals surface area contributed by atoms with Crippen LogP contribution in [0.25, 0.3) is 0 Å². The second kappa shape index (κ2) is 9.42. The lowest BCUT2D eigenvalue weighted by molar-refractivity contribution is 0.0990. The quantitative estimate of drug-likeness (QED) is 0.537. The Morgan fingerprint density at radius 2 is 2.10 bits per heavy atom. The molecule has 1 amide bonds. The Labute approximate surface area is 124 Å². The Hall–Kier alpha value is -1.49. The van der Waals surface area contributed by atoms with E-state index in [1.165, 1.54) is 12.8 Å². The average molecular weight is 289 g/mol. The van der Waals surface area contributed by atoms with Crippen molar-refractivity contribution in [3.8, 4) is 5.75 Å². The van der Waals surface area contributed by atoms with Crippen molar-refractivity contribution in [2.24, 2.45) is 15.8 Å². The van der Waals surface area contributed by atoms with E-state index in [0.717, 1.165) is 12.8 Å². The lowest BCUT2D eigenvalue weighted by atomic mass is 10.0. The van der Waals surface area contributed by atoms with E-state index in [1.54, 1.807) is 18.2 Å². The summed E-state index contributed by atoms with van der Waals surface area (Å²) in [5, 5.41) is 3.47. The zero-order valence-corrected chi connectivity index (χ0v) is 13.1. The molecule has 0 fully saturated rings. The van der Waals surface area contributed by atoms with Crippen LogP contribution < -0.4 is 4.74 Å². The van der Waals surface area contributed by atoms with E-state index in [2.05, 4.69) is 34.1 Å². The Balaban J connectivity index is 2.69. The van der Waals surface area contributed by atoms with E-state index in [0.29, 0.717) is 23.8 Å². The normalized spacial score (nSPS) is 12.6. The van der Waals surface area contributed by atoms with Crippen LogP contribution >= 0.6 is 0 Å². The SMILES string of the molecule is CCCCC(CC)COc1ccccc1C(=O)N=N[Si]. The number of carbonyl (C=O) groups excluding carboxylic acids is 1. The van der Waals surface area contributed by atoms with Gasteiger partial charge in [-0.05, 0) is 24.5 Å². The molecule has 1 aromatic carbocycles. The van der Waals surface area contributed by atoms with Crippen molar-refractivity contribution < 1.29 is 9.53 Å². The molecule has 5 heteroatoms. The third-order valence-corrected chi connectivity index (χ3v) is 3.38. The first-order valence-corrected chi connectivity index (χ1v) is 7.51. The summed E-state index contributed by atoms with van der Waals surface area (Å²) in [7, 11) is 2.82. The van der Waals surface area contributed by atoms with Crippen LogP contribution in [0.1, 0.15) is 49.9 Å². The van der Waals surface area contributed by atoms with Crippen molar-refractivity contribution in [2.75, 3.05) is 6.61 Å². The van der Waals surface area contributed by atoms with Gasteiger partial charge in [0, 0.05) is 0 Å². The van der Waals surface area contributed by atoms with Crippen molar-refractivity contribution in [3.05, 3.63) is 29.8 Å². The zero-order valence-electron chi connectivity index (χ0n) is 12.1. The zero-order chi connectivity index (χ0) is 14.8. The second-order valence-corrected chi connectivity index (χ2v) is 4.93. The van der Waals surface area contributed by atoms with Crippen LogP contribution in [0.5, 0.6) is 5.75 Å². The minimum atomic E-state index is -0.405. The maximum absolute atomic E-state index is 11.8. The van der Waals surface area contributed by atoms with Crippen molar-refractivity contribution in [1.29, 1.82) is 0 Å². The van der Waals surface area contributed by atoms with Crippen LogP contribution in [0.15, 0.2) is 34.2 Å². The summed E-state index contributed by atoms with van der Waals surface area (Å²) in [5.74, 6) is 0.694. The number of hydrogen-bond acceptors (Lipinski definition) is 3. The molecule has 0 aliphatic carbocycles. The molecule has 0 saturated carbocycles. The van der Waals surface area contributed by atoms with Gasteiger partial charge < -0.3 is 4.74 Å². The maximum Gasteiger partial charge on any atom is 0.297 e. The van der Waals surface area contributed by atoms with E-state index in [-0.39, 0.29) is 0 Å². The summed E-state index contributed by atoms with van der Waals surface area (Å²) in [6, 6.07) is 7.14. The van der Waals surface area contributed by atoms with E-state index < -0.39 is 5.91 Å². The van der Waals surface area contributed by atoms with Crippen molar-refractivity contribution in [2.45, 2.75) is 39.5 Å². The fraction of sp³-hybridized carbons (Fsp3) is 0.533. The number of rotatable bonds is 8. The van der Waals surface area contributed by atoms with Crippen LogP contribution in [0.2, 0.25) is 0 Å². The predicted molar refractivity (Wildman–Crippen MR) is 80.2 cm³/mol. The van der Waals surface area contributed by atoms with E-state index in [1.807, 2.05) is 6.07 Å². The molecule has 0 saturated heterocycles. The van der Waals surface area contributed by atoms with Gasteiger partial charge in [-0.25, -0.2) is 4.78 Å². The molecule has 3 radical (unpaired) electrons. The van der Waals surface area contributed by atoms with Gasteiger partial charge in [0.25, 0.3) is 16.3 Å². The molecular weight excluding hydrogens is 268 g/mol. The largest absolute Gasteiger partial charge is 0.492 e. The number of hydrogen-bond donors (Lipinski definition) is 0. The van der Waals surface area contributed by atoms with Gasteiger partial charge in [-0.3, -0.25) is 4.79 Å². The predicted octanol–water partition coefficient (Wildman–Crippen LogP) is 3.96. The number of para-hydroxylation sites is 1. The number of unbranched alkanes of at least 4 members (excludes halogenated alkanes) is 1. The first kappa shape index (κ1) is 16.6. The summed E-state index contributed by atoms with van der Waals surface area (Å²) in [6.45, 7) is 4.98. The molecule has 0 N–H and O–H groups in total. The van der Waals surface area contributed by atoms with Gasteiger partial charge in [-0.2, -0.15) is 0 Å². The number of nitrogens with zero attached hydrogens (tertiary/aromatic N) is 2. The first-order valence-electron chi connectivity index (χ1n) is 7.06. The maximum atomic E-state index is 11.8. The van der Waals surface area contributed by atoms with Gasteiger partial charge in [-0.1, -0.05) is 45.2 Å². The number of carbonyl (C=O) groups is 1. The Bertz CT molecular complexity index is 449. The van der Waals surface area contributed by atoms with Crippen molar-refractivity contribution in [3.63, 3.8) is 0 Å². The fourth-order valence-electron chi connectivity index (χ4n) is 1.97. The van der Waals surface area contributed by atoms with Gasteiger partial charge in [0.15, 0.2) is 0 Å². The standard InChI is InChI=1S/C15H21N2O2Si/c1-3-5-8-12(4-2)11-19-14-10-7-6-9-13(14)15(18)16-17-20/h6-7,9-10,12H,3-5,8,11H2,1-2H3. The molecule has 4 nitrogen and oxygen atoms in total. The summed E-state index contributed by atoms with van der Waals surface area (Å²) < 4.78 is 9.15. The minimum Gasteiger partial charge on any atom is -0.492 e. The van der Waals surface area contributed by atoms with E-state index in [4.69, 9.17) is 4.74 Å². The molecule has 0 bridgehead atoms. The Kier molecular flexibility index (Phi) is 7.80. The van der Waals surface area contributed by atoms with Crippen LogP contribution in [-0.2, 0) is 0 Å². The summed E-state index contributed by atoms with van der Waals surface area (Å²) in [5.41, 5.74) is 0.444. The number of benzene rings is 1. The molecule has 0 spiro atoms. The topological polar surface area (TPSA) is 51.0 Å². The van der Waals surface area contributed by atoms with Crippen molar-refractivity contribution in [1.82, 2.24) is 0 Å². The Morgan fingerprint density at radius 1 is 1.35 bits per heavy atom. The van der Waals surface area contributed by atoms with Gasteiger partial charge in [0.05, 0.1) is 12.2 Å². The van der Waals surface area contributed by atoms with Crippen molar-refractivity contribution >= 4 is 16.3 Å². The molecule has 1 atom stereocenters. The molecular formula is C15H21N2O2Si. The smallest absolute Gasteiger partial charge is 0.297 e. The highest BCUT2D eigenvalue weighted by Gasteiger charge is 2.13. The third-order valence-electron chi connectivity index (χ3n) is 3.28. The molecule has 1 aromatic rings.